The van der Waals surface area contributed by atoms with Crippen LogP contribution in [0.2, 0.25) is 0 Å². The molecule has 2 heteroatoms. The number of hydrogen-bond donors (Lipinski definition) is 1. The van der Waals surface area contributed by atoms with Crippen molar-refractivity contribution in [2.45, 2.75) is 50.9 Å². The fourth-order valence-corrected chi connectivity index (χ4v) is 3.06. The van der Waals surface area contributed by atoms with E-state index in [2.05, 4.69) is 45.5 Å². The van der Waals surface area contributed by atoms with E-state index in [1.54, 1.807) is 0 Å². The molecule has 1 aliphatic carbocycles. The third kappa shape index (κ3) is 4.74. The molecule has 2 fully saturated rings. The van der Waals surface area contributed by atoms with Gasteiger partial charge in [-0.15, -0.1) is 0 Å². The van der Waals surface area contributed by atoms with Gasteiger partial charge in [-0.25, -0.2) is 0 Å². The van der Waals surface area contributed by atoms with Gasteiger partial charge in [-0.2, -0.15) is 0 Å². The summed E-state index contributed by atoms with van der Waals surface area (Å²) in [4.78, 5) is 0. The number of benzene rings is 1. The van der Waals surface area contributed by atoms with E-state index in [0.29, 0.717) is 0 Å². The highest BCUT2D eigenvalue weighted by Crippen LogP contribution is 2.32. The summed E-state index contributed by atoms with van der Waals surface area (Å²) in [6, 6.07) is 8.84. The molecule has 0 radical (unpaired) electrons. The zero-order valence-corrected chi connectivity index (χ0v) is 12.7. The number of rotatable bonds is 1. The maximum atomic E-state index is 3.47. The van der Waals surface area contributed by atoms with Gasteiger partial charge in [-0.05, 0) is 62.4 Å². The van der Waals surface area contributed by atoms with Gasteiger partial charge in [0.2, 0.25) is 0 Å². The first-order valence-electron chi connectivity index (χ1n) is 7.32. The third-order valence-electron chi connectivity index (χ3n) is 3.90. The van der Waals surface area contributed by atoms with E-state index in [-0.39, 0.29) is 0 Å². The summed E-state index contributed by atoms with van der Waals surface area (Å²) in [5.41, 5.74) is 1.53. The lowest BCUT2D eigenvalue weighted by molar-refractivity contribution is 0.443. The SMILES string of the molecule is Brc1ccc(C2CCCCC2)cc1.C1CCNC1. The maximum absolute atomic E-state index is 3.47. The van der Waals surface area contributed by atoms with Crippen LogP contribution in [0.5, 0.6) is 0 Å². The van der Waals surface area contributed by atoms with E-state index in [4.69, 9.17) is 0 Å². The van der Waals surface area contributed by atoms with Crippen LogP contribution in [-0.2, 0) is 0 Å². The van der Waals surface area contributed by atoms with Gasteiger partial charge in [0.15, 0.2) is 0 Å². The van der Waals surface area contributed by atoms with Crippen molar-refractivity contribution in [2.75, 3.05) is 13.1 Å². The summed E-state index contributed by atoms with van der Waals surface area (Å²) in [5, 5.41) is 3.22. The Bertz CT molecular complexity index is 316. The normalized spacial score (nSPS) is 20.3. The fraction of sp³-hybridized carbons (Fsp3) is 0.625. The molecule has 18 heavy (non-hydrogen) atoms. The first-order chi connectivity index (χ1) is 8.86. The van der Waals surface area contributed by atoms with Gasteiger partial charge in [-0.1, -0.05) is 47.3 Å². The van der Waals surface area contributed by atoms with E-state index < -0.39 is 0 Å². The summed E-state index contributed by atoms with van der Waals surface area (Å²) < 4.78 is 1.19. The van der Waals surface area contributed by atoms with Crippen molar-refractivity contribution in [3.63, 3.8) is 0 Å². The Morgan fingerprint density at radius 1 is 0.833 bits per heavy atom. The van der Waals surface area contributed by atoms with Crippen LogP contribution in [0.1, 0.15) is 56.4 Å². The second-order valence-corrected chi connectivity index (χ2v) is 6.26. The topological polar surface area (TPSA) is 12.0 Å². The molecule has 1 N–H and O–H groups in total. The standard InChI is InChI=1S/C12H15Br.C4H9N/c13-12-8-6-11(7-9-12)10-4-2-1-3-5-10;1-2-4-5-3-1/h6-10H,1-5H2;5H,1-4H2. The van der Waals surface area contributed by atoms with E-state index in [1.165, 1.54) is 68.1 Å². The van der Waals surface area contributed by atoms with E-state index in [1.807, 2.05) is 0 Å². The average molecular weight is 310 g/mol. The summed E-state index contributed by atoms with van der Waals surface area (Å²) >= 11 is 3.47. The van der Waals surface area contributed by atoms with Crippen LogP contribution in [-0.4, -0.2) is 13.1 Å². The predicted octanol–water partition coefficient (Wildman–Crippen LogP) is 4.87. The fourth-order valence-electron chi connectivity index (χ4n) is 2.80. The molecule has 1 nitrogen and oxygen atoms in total. The highest BCUT2D eigenvalue weighted by atomic mass is 79.9. The molecule has 100 valence electrons. The van der Waals surface area contributed by atoms with Crippen molar-refractivity contribution in [1.29, 1.82) is 0 Å². The lowest BCUT2D eigenvalue weighted by Crippen LogP contribution is -2.03. The molecular weight excluding hydrogens is 286 g/mol. The molecule has 1 aromatic carbocycles. The zero-order valence-electron chi connectivity index (χ0n) is 11.1. The lowest BCUT2D eigenvalue weighted by Gasteiger charge is -2.21. The van der Waals surface area contributed by atoms with Crippen molar-refractivity contribution in [2.24, 2.45) is 0 Å². The smallest absolute Gasteiger partial charge is 0.0175 e. The Morgan fingerprint density at radius 2 is 1.44 bits per heavy atom. The second-order valence-electron chi connectivity index (χ2n) is 5.34. The Labute approximate surface area is 119 Å². The van der Waals surface area contributed by atoms with Crippen LogP contribution in [0.3, 0.4) is 0 Å². The van der Waals surface area contributed by atoms with Gasteiger partial charge in [0, 0.05) is 4.47 Å². The van der Waals surface area contributed by atoms with Crippen LogP contribution in [0.4, 0.5) is 0 Å². The molecule has 1 saturated heterocycles. The van der Waals surface area contributed by atoms with E-state index in [9.17, 15) is 0 Å². The van der Waals surface area contributed by atoms with Gasteiger partial charge in [0.25, 0.3) is 0 Å². The van der Waals surface area contributed by atoms with Gasteiger partial charge in [0.05, 0.1) is 0 Å². The number of halogens is 1. The van der Waals surface area contributed by atoms with E-state index in [0.717, 1.165) is 5.92 Å². The van der Waals surface area contributed by atoms with Crippen LogP contribution >= 0.6 is 15.9 Å². The predicted molar refractivity (Wildman–Crippen MR) is 82.1 cm³/mol. The lowest BCUT2D eigenvalue weighted by atomic mass is 9.84. The number of hydrogen-bond acceptors (Lipinski definition) is 1. The second kappa shape index (κ2) is 7.96. The minimum atomic E-state index is 0.835. The largest absolute Gasteiger partial charge is 0.317 e. The molecule has 0 amide bonds. The maximum Gasteiger partial charge on any atom is 0.0175 e. The number of nitrogens with one attached hydrogen (secondary N) is 1. The first kappa shape index (κ1) is 14.1. The molecule has 0 unspecified atom stereocenters. The van der Waals surface area contributed by atoms with E-state index >= 15 is 0 Å². The minimum absolute atomic E-state index is 0.835. The van der Waals surface area contributed by atoms with Gasteiger partial charge in [-0.3, -0.25) is 0 Å². The average Bonchev–Trinajstić information content (AvgIpc) is 3.00. The molecule has 1 aliphatic heterocycles. The highest BCUT2D eigenvalue weighted by molar-refractivity contribution is 9.10. The monoisotopic (exact) mass is 309 g/mol. The Balaban J connectivity index is 0.000000202. The van der Waals surface area contributed by atoms with Crippen molar-refractivity contribution in [3.05, 3.63) is 34.3 Å². The Kier molecular flexibility index (Phi) is 6.22. The van der Waals surface area contributed by atoms with Crippen molar-refractivity contribution in [3.8, 4) is 0 Å². The third-order valence-corrected chi connectivity index (χ3v) is 4.43. The zero-order chi connectivity index (χ0) is 12.6. The molecule has 1 aromatic rings. The van der Waals surface area contributed by atoms with Crippen LogP contribution < -0.4 is 5.32 Å². The van der Waals surface area contributed by atoms with Crippen LogP contribution in [0, 0.1) is 0 Å². The van der Waals surface area contributed by atoms with Gasteiger partial charge in [0.1, 0.15) is 0 Å². The summed E-state index contributed by atoms with van der Waals surface area (Å²) in [5.74, 6) is 0.835. The molecule has 1 heterocycles. The summed E-state index contributed by atoms with van der Waals surface area (Å²) in [6.07, 6.45) is 9.83. The molecule has 0 aromatic heterocycles. The first-order valence-corrected chi connectivity index (χ1v) is 8.12. The Hall–Kier alpha value is -0.340. The molecule has 3 rings (SSSR count). The molecule has 2 aliphatic rings. The van der Waals surface area contributed by atoms with Crippen LogP contribution in [0.25, 0.3) is 0 Å². The molecule has 0 spiro atoms. The Morgan fingerprint density at radius 3 is 1.94 bits per heavy atom. The minimum Gasteiger partial charge on any atom is -0.317 e. The molecule has 0 atom stereocenters. The van der Waals surface area contributed by atoms with Crippen LogP contribution in [0.15, 0.2) is 28.7 Å². The van der Waals surface area contributed by atoms with Crippen molar-refractivity contribution >= 4 is 15.9 Å². The quantitative estimate of drug-likeness (QED) is 0.780. The molecule has 1 saturated carbocycles. The highest BCUT2D eigenvalue weighted by Gasteiger charge is 2.14. The summed E-state index contributed by atoms with van der Waals surface area (Å²) in [7, 11) is 0. The summed E-state index contributed by atoms with van der Waals surface area (Å²) in [6.45, 7) is 2.50. The molecule has 0 bridgehead atoms. The van der Waals surface area contributed by atoms with Gasteiger partial charge >= 0.3 is 0 Å². The van der Waals surface area contributed by atoms with Gasteiger partial charge < -0.3 is 5.32 Å². The van der Waals surface area contributed by atoms with Crippen molar-refractivity contribution < 1.29 is 0 Å². The molecular formula is C16H24BrN. The van der Waals surface area contributed by atoms with Crippen molar-refractivity contribution in [1.82, 2.24) is 5.32 Å².